The molecule has 1 amide bonds. The number of carbonyl (C=O) groups excluding carboxylic acids is 1. The third-order valence-electron chi connectivity index (χ3n) is 2.89. The molecule has 3 nitrogen and oxygen atoms in total. The smallest absolute Gasteiger partial charge is 0.251 e. The zero-order chi connectivity index (χ0) is 13.8. The number of benzene rings is 2. The van der Waals surface area contributed by atoms with Gasteiger partial charge in [0.15, 0.2) is 0 Å². The molecule has 0 aliphatic carbocycles. The van der Waals surface area contributed by atoms with Gasteiger partial charge in [0.1, 0.15) is 5.82 Å². The molecule has 0 bridgehead atoms. The number of anilines is 1. The number of nitrogens with one attached hydrogen (secondary N) is 1. The Bertz CT molecular complexity index is 581. The number of carbonyl (C=O) groups is 1. The number of nitrogens with two attached hydrogens (primary N) is 1. The normalized spacial score (nSPS) is 11.9. The van der Waals surface area contributed by atoms with Gasteiger partial charge < -0.3 is 11.1 Å². The monoisotopic (exact) mass is 258 g/mol. The van der Waals surface area contributed by atoms with Crippen LogP contribution in [-0.4, -0.2) is 5.91 Å². The Morgan fingerprint density at radius 3 is 2.42 bits per heavy atom. The summed E-state index contributed by atoms with van der Waals surface area (Å²) in [7, 11) is 0. The molecule has 0 aliphatic rings. The standard InChI is InChI=1S/C15H15FN2O/c1-10(13-4-2-3-5-14(13)16)18-15(19)11-6-8-12(17)9-7-11/h2-10H,17H2,1H3,(H,18,19)/t10-/m1/s1. The van der Waals surface area contributed by atoms with Gasteiger partial charge in [-0.2, -0.15) is 0 Å². The van der Waals surface area contributed by atoms with Gasteiger partial charge in [0.05, 0.1) is 6.04 Å². The zero-order valence-electron chi connectivity index (χ0n) is 10.6. The van der Waals surface area contributed by atoms with Gasteiger partial charge in [-0.15, -0.1) is 0 Å². The molecule has 0 saturated heterocycles. The molecule has 2 rings (SSSR count). The van der Waals surface area contributed by atoms with E-state index in [1.807, 2.05) is 0 Å². The first kappa shape index (κ1) is 13.1. The Morgan fingerprint density at radius 1 is 1.16 bits per heavy atom. The van der Waals surface area contributed by atoms with E-state index < -0.39 is 6.04 Å². The second kappa shape index (κ2) is 5.52. The van der Waals surface area contributed by atoms with Gasteiger partial charge in [-0.05, 0) is 37.3 Å². The van der Waals surface area contributed by atoms with Crippen LogP contribution in [0.2, 0.25) is 0 Å². The van der Waals surface area contributed by atoms with Gasteiger partial charge in [-0.1, -0.05) is 18.2 Å². The summed E-state index contributed by atoms with van der Waals surface area (Å²) in [4.78, 5) is 12.0. The van der Waals surface area contributed by atoms with Crippen LogP contribution in [0.3, 0.4) is 0 Å². The first-order valence-corrected chi connectivity index (χ1v) is 5.99. The van der Waals surface area contributed by atoms with E-state index in [9.17, 15) is 9.18 Å². The van der Waals surface area contributed by atoms with E-state index in [0.717, 1.165) is 0 Å². The van der Waals surface area contributed by atoms with E-state index in [-0.39, 0.29) is 11.7 Å². The Labute approximate surface area is 111 Å². The maximum Gasteiger partial charge on any atom is 0.251 e. The van der Waals surface area contributed by atoms with Crippen molar-refractivity contribution in [2.24, 2.45) is 0 Å². The summed E-state index contributed by atoms with van der Waals surface area (Å²) in [5.74, 6) is -0.580. The zero-order valence-corrected chi connectivity index (χ0v) is 10.6. The predicted octanol–water partition coefficient (Wildman–Crippen LogP) is 2.90. The number of hydrogen-bond acceptors (Lipinski definition) is 2. The Kier molecular flexibility index (Phi) is 3.80. The van der Waals surface area contributed by atoms with Crippen LogP contribution >= 0.6 is 0 Å². The Morgan fingerprint density at radius 2 is 1.79 bits per heavy atom. The molecule has 0 fully saturated rings. The summed E-state index contributed by atoms with van der Waals surface area (Å²) in [6, 6.07) is 12.6. The quantitative estimate of drug-likeness (QED) is 0.832. The van der Waals surface area contributed by atoms with Crippen molar-refractivity contribution in [1.82, 2.24) is 5.32 Å². The molecule has 0 spiro atoms. The maximum absolute atomic E-state index is 13.6. The van der Waals surface area contributed by atoms with Crippen molar-refractivity contribution in [3.8, 4) is 0 Å². The minimum atomic E-state index is -0.397. The van der Waals surface area contributed by atoms with Gasteiger partial charge in [-0.25, -0.2) is 4.39 Å². The maximum atomic E-state index is 13.6. The van der Waals surface area contributed by atoms with Crippen LogP contribution in [0.15, 0.2) is 48.5 Å². The highest BCUT2D eigenvalue weighted by Gasteiger charge is 2.14. The van der Waals surface area contributed by atoms with Crippen molar-refractivity contribution in [1.29, 1.82) is 0 Å². The molecule has 0 heterocycles. The highest BCUT2D eigenvalue weighted by Crippen LogP contribution is 2.16. The lowest BCUT2D eigenvalue weighted by molar-refractivity contribution is 0.0939. The van der Waals surface area contributed by atoms with Crippen LogP contribution < -0.4 is 11.1 Å². The lowest BCUT2D eigenvalue weighted by atomic mass is 10.1. The molecule has 4 heteroatoms. The van der Waals surface area contributed by atoms with Gasteiger partial charge in [0, 0.05) is 16.8 Å². The van der Waals surface area contributed by atoms with Crippen molar-refractivity contribution < 1.29 is 9.18 Å². The van der Waals surface area contributed by atoms with Crippen LogP contribution in [0.5, 0.6) is 0 Å². The molecule has 2 aromatic rings. The summed E-state index contributed by atoms with van der Waals surface area (Å²) in [5.41, 5.74) is 7.12. The average Bonchev–Trinajstić information content (AvgIpc) is 2.39. The molecule has 1 atom stereocenters. The molecular formula is C15H15FN2O. The Hall–Kier alpha value is -2.36. The van der Waals surface area contributed by atoms with E-state index in [4.69, 9.17) is 5.73 Å². The number of amides is 1. The SMILES string of the molecule is C[C@@H](NC(=O)c1ccc(N)cc1)c1ccccc1F. The number of nitrogen functional groups attached to an aromatic ring is 1. The third kappa shape index (κ3) is 3.10. The fourth-order valence-corrected chi connectivity index (χ4v) is 1.82. The van der Waals surface area contributed by atoms with E-state index in [2.05, 4.69) is 5.32 Å². The second-order valence-electron chi connectivity index (χ2n) is 4.34. The molecule has 2 aromatic carbocycles. The van der Waals surface area contributed by atoms with Gasteiger partial charge >= 0.3 is 0 Å². The van der Waals surface area contributed by atoms with Crippen molar-refractivity contribution in [3.05, 3.63) is 65.5 Å². The summed E-state index contributed by atoms with van der Waals surface area (Å²) < 4.78 is 13.6. The summed E-state index contributed by atoms with van der Waals surface area (Å²) in [6.07, 6.45) is 0. The molecule has 19 heavy (non-hydrogen) atoms. The fourth-order valence-electron chi connectivity index (χ4n) is 1.82. The van der Waals surface area contributed by atoms with Crippen LogP contribution in [0.25, 0.3) is 0 Å². The predicted molar refractivity (Wildman–Crippen MR) is 73.1 cm³/mol. The van der Waals surface area contributed by atoms with Crippen molar-refractivity contribution >= 4 is 11.6 Å². The summed E-state index contributed by atoms with van der Waals surface area (Å²) in [6.45, 7) is 1.74. The molecule has 0 radical (unpaired) electrons. The number of halogens is 1. The van der Waals surface area contributed by atoms with E-state index in [1.165, 1.54) is 6.07 Å². The van der Waals surface area contributed by atoms with Crippen LogP contribution in [0.1, 0.15) is 28.9 Å². The molecule has 0 aliphatic heterocycles. The summed E-state index contributed by atoms with van der Waals surface area (Å²) >= 11 is 0. The van der Waals surface area contributed by atoms with Crippen molar-refractivity contribution in [2.75, 3.05) is 5.73 Å². The van der Waals surface area contributed by atoms with E-state index >= 15 is 0 Å². The van der Waals surface area contributed by atoms with Crippen LogP contribution in [-0.2, 0) is 0 Å². The third-order valence-corrected chi connectivity index (χ3v) is 2.89. The Balaban J connectivity index is 2.11. The van der Waals surface area contributed by atoms with Gasteiger partial charge in [-0.3, -0.25) is 4.79 Å². The lowest BCUT2D eigenvalue weighted by Crippen LogP contribution is -2.27. The second-order valence-corrected chi connectivity index (χ2v) is 4.34. The van der Waals surface area contributed by atoms with E-state index in [1.54, 1.807) is 49.4 Å². The van der Waals surface area contributed by atoms with Crippen molar-refractivity contribution in [2.45, 2.75) is 13.0 Å². The largest absolute Gasteiger partial charge is 0.399 e. The first-order valence-electron chi connectivity index (χ1n) is 5.99. The highest BCUT2D eigenvalue weighted by atomic mass is 19.1. The van der Waals surface area contributed by atoms with Crippen LogP contribution in [0.4, 0.5) is 10.1 Å². The molecule has 0 aromatic heterocycles. The number of hydrogen-bond donors (Lipinski definition) is 2. The topological polar surface area (TPSA) is 55.1 Å². The average molecular weight is 258 g/mol. The van der Waals surface area contributed by atoms with Gasteiger partial charge in [0.25, 0.3) is 5.91 Å². The van der Waals surface area contributed by atoms with E-state index in [0.29, 0.717) is 16.8 Å². The summed E-state index contributed by atoms with van der Waals surface area (Å²) in [5, 5.41) is 2.75. The molecule has 98 valence electrons. The van der Waals surface area contributed by atoms with Gasteiger partial charge in [0.2, 0.25) is 0 Å². The molecule has 0 unspecified atom stereocenters. The van der Waals surface area contributed by atoms with Crippen LogP contribution in [0, 0.1) is 5.82 Å². The first-order chi connectivity index (χ1) is 9.08. The van der Waals surface area contributed by atoms with Crippen molar-refractivity contribution in [3.63, 3.8) is 0 Å². The lowest BCUT2D eigenvalue weighted by Gasteiger charge is -2.15. The number of rotatable bonds is 3. The fraction of sp³-hybridized carbons (Fsp3) is 0.133. The molecule has 0 saturated carbocycles. The molecule has 3 N–H and O–H groups in total. The minimum absolute atomic E-state index is 0.254. The minimum Gasteiger partial charge on any atom is -0.399 e. The molecular weight excluding hydrogens is 243 g/mol. The highest BCUT2D eigenvalue weighted by molar-refractivity contribution is 5.94.